The van der Waals surface area contributed by atoms with Crippen molar-refractivity contribution in [2.75, 3.05) is 11.9 Å². The molecule has 0 spiro atoms. The molecular weight excluding hydrogens is 463 g/mol. The summed E-state index contributed by atoms with van der Waals surface area (Å²) in [6.07, 6.45) is 3.75. The molecule has 1 fully saturated rings. The number of aryl methyl sites for hydroxylation is 1. The first-order valence-electron chi connectivity index (χ1n) is 9.29. The van der Waals surface area contributed by atoms with E-state index in [1.165, 1.54) is 0 Å². The van der Waals surface area contributed by atoms with Crippen LogP contribution in [0.5, 0.6) is 0 Å². The van der Waals surface area contributed by atoms with Crippen molar-refractivity contribution in [3.8, 4) is 0 Å². The fourth-order valence-electron chi connectivity index (χ4n) is 3.00. The monoisotopic (exact) mass is 480 g/mol. The van der Waals surface area contributed by atoms with E-state index in [1.807, 2.05) is 6.92 Å². The minimum Gasteiger partial charge on any atom is -0.351 e. The number of anilines is 2. The maximum Gasteiger partial charge on any atom is 0.277 e. The molecule has 1 aromatic heterocycles. The first-order chi connectivity index (χ1) is 14.0. The van der Waals surface area contributed by atoms with Gasteiger partial charge in [-0.3, -0.25) is 9.63 Å². The molecule has 1 saturated carbocycles. The van der Waals surface area contributed by atoms with Crippen LogP contribution in [-0.4, -0.2) is 22.1 Å². The number of halogens is 3. The average Bonchev–Trinajstić information content (AvgIpc) is 3.42. The van der Waals surface area contributed by atoms with Gasteiger partial charge in [0.2, 0.25) is 0 Å². The Bertz CT molecular complexity index is 1080. The third-order valence-electron chi connectivity index (χ3n) is 4.81. The lowest BCUT2D eigenvalue weighted by Gasteiger charge is -2.15. The summed E-state index contributed by atoms with van der Waals surface area (Å²) in [5.41, 5.74) is 3.71. The van der Waals surface area contributed by atoms with E-state index in [0.717, 1.165) is 17.3 Å². The van der Waals surface area contributed by atoms with Gasteiger partial charge in [-0.05, 0) is 49.9 Å². The number of amides is 1. The van der Waals surface area contributed by atoms with Gasteiger partial charge in [0.1, 0.15) is 5.52 Å². The van der Waals surface area contributed by atoms with Gasteiger partial charge in [0, 0.05) is 11.0 Å². The quantitative estimate of drug-likeness (QED) is 0.442. The van der Waals surface area contributed by atoms with E-state index in [9.17, 15) is 4.79 Å². The van der Waals surface area contributed by atoms with E-state index in [0.29, 0.717) is 35.3 Å². The van der Waals surface area contributed by atoms with Gasteiger partial charge in [-0.1, -0.05) is 27.5 Å². The van der Waals surface area contributed by atoms with Crippen molar-refractivity contribution in [2.45, 2.75) is 26.3 Å². The molecule has 1 heterocycles. The summed E-state index contributed by atoms with van der Waals surface area (Å²) in [6, 6.07) is 6.77. The van der Waals surface area contributed by atoms with Gasteiger partial charge < -0.3 is 9.88 Å². The lowest BCUT2D eigenvalue weighted by molar-refractivity contribution is 0.0271. The van der Waals surface area contributed by atoms with Crippen molar-refractivity contribution in [3.63, 3.8) is 0 Å². The number of carbonyl (C=O) groups excluding carboxylic acids is 1. The Kier molecular flexibility index (Phi) is 5.76. The van der Waals surface area contributed by atoms with Crippen LogP contribution in [0.4, 0.5) is 15.8 Å². The van der Waals surface area contributed by atoms with Gasteiger partial charge >= 0.3 is 0 Å². The van der Waals surface area contributed by atoms with Gasteiger partial charge in [-0.15, -0.1) is 0 Å². The molecule has 9 heteroatoms. The number of nitrogens with zero attached hydrogens (tertiary/aromatic N) is 2. The van der Waals surface area contributed by atoms with Crippen LogP contribution in [0.3, 0.4) is 0 Å². The summed E-state index contributed by atoms with van der Waals surface area (Å²) in [4.78, 5) is 22.3. The first kappa shape index (κ1) is 20.1. The molecule has 0 saturated heterocycles. The van der Waals surface area contributed by atoms with E-state index in [1.54, 1.807) is 35.2 Å². The molecule has 0 bridgehead atoms. The van der Waals surface area contributed by atoms with Gasteiger partial charge in [0.25, 0.3) is 5.91 Å². The summed E-state index contributed by atoms with van der Waals surface area (Å²) in [5, 5.41) is 3.34. The van der Waals surface area contributed by atoms with Crippen LogP contribution in [0.1, 0.15) is 30.1 Å². The Balaban J connectivity index is 1.74. The summed E-state index contributed by atoms with van der Waals surface area (Å²) >= 11 is 9.62. The summed E-state index contributed by atoms with van der Waals surface area (Å²) in [7, 11) is 0. The number of imidazole rings is 1. The smallest absolute Gasteiger partial charge is 0.277 e. The maximum atomic E-state index is 15.4. The van der Waals surface area contributed by atoms with Crippen molar-refractivity contribution in [2.24, 2.45) is 5.92 Å². The van der Waals surface area contributed by atoms with Crippen LogP contribution in [-0.2, 0) is 11.4 Å². The molecule has 0 unspecified atom stereocenters. The highest BCUT2D eigenvalue weighted by Crippen LogP contribution is 2.34. The lowest BCUT2D eigenvalue weighted by atomic mass is 10.1. The second-order valence-corrected chi connectivity index (χ2v) is 8.27. The number of hydrogen-bond acceptors (Lipinski definition) is 4. The van der Waals surface area contributed by atoms with Gasteiger partial charge in [-0.2, -0.15) is 0 Å². The fraction of sp³-hybridized carbons (Fsp3) is 0.300. The number of fused-ring (bicyclic) bond motifs is 1. The van der Waals surface area contributed by atoms with Crippen LogP contribution in [0.15, 0.2) is 35.1 Å². The van der Waals surface area contributed by atoms with E-state index in [4.69, 9.17) is 16.4 Å². The number of rotatable bonds is 7. The number of hydroxylamine groups is 1. The highest BCUT2D eigenvalue weighted by molar-refractivity contribution is 9.10. The summed E-state index contributed by atoms with van der Waals surface area (Å²) in [5.74, 6) is -0.678. The topological polar surface area (TPSA) is 68.2 Å². The standard InChI is InChI=1S/C20H19BrClFN4O2/c1-2-27-10-24-19-16(27)8-13(20(28)26-29-9-11-3-4-11)18(17(19)23)25-15-6-5-12(21)7-14(15)22/h5-8,10-11,25H,2-4,9H2,1H3,(H,26,28). The van der Waals surface area contributed by atoms with E-state index < -0.39 is 11.7 Å². The number of carbonyl (C=O) groups is 1. The average molecular weight is 482 g/mol. The second kappa shape index (κ2) is 8.30. The van der Waals surface area contributed by atoms with E-state index in [-0.39, 0.29) is 16.8 Å². The van der Waals surface area contributed by atoms with Crippen molar-refractivity contribution in [3.05, 3.63) is 51.5 Å². The zero-order valence-corrected chi connectivity index (χ0v) is 18.0. The Morgan fingerprint density at radius 1 is 1.41 bits per heavy atom. The molecule has 2 aromatic carbocycles. The molecule has 1 aliphatic carbocycles. The van der Waals surface area contributed by atoms with Crippen molar-refractivity contribution >= 4 is 55.8 Å². The second-order valence-electron chi connectivity index (χ2n) is 6.95. The SMILES string of the molecule is CCn1cnc2c(F)c(Nc3ccc(Br)cc3Cl)c(C(=O)NOCC3CC3)cc21. The highest BCUT2D eigenvalue weighted by Gasteiger charge is 2.24. The Morgan fingerprint density at radius 3 is 2.90 bits per heavy atom. The zero-order chi connectivity index (χ0) is 20.5. The summed E-state index contributed by atoms with van der Waals surface area (Å²) < 4.78 is 17.9. The number of aromatic nitrogens is 2. The minimum atomic E-state index is -0.624. The number of hydrogen-bond donors (Lipinski definition) is 2. The Hall–Kier alpha value is -2.16. The molecule has 6 nitrogen and oxygen atoms in total. The third kappa shape index (κ3) is 4.24. The Morgan fingerprint density at radius 2 is 2.21 bits per heavy atom. The molecule has 152 valence electrons. The molecule has 0 aliphatic heterocycles. The molecule has 1 amide bonds. The number of benzene rings is 2. The third-order valence-corrected chi connectivity index (χ3v) is 5.62. The molecule has 3 aromatic rings. The van der Waals surface area contributed by atoms with Crippen molar-refractivity contribution < 1.29 is 14.0 Å². The number of nitrogens with one attached hydrogen (secondary N) is 2. The molecule has 4 rings (SSSR count). The fourth-order valence-corrected chi connectivity index (χ4v) is 3.72. The first-order valence-corrected chi connectivity index (χ1v) is 10.5. The van der Waals surface area contributed by atoms with Crippen LogP contribution in [0, 0.1) is 11.7 Å². The van der Waals surface area contributed by atoms with Crippen LogP contribution < -0.4 is 10.8 Å². The predicted molar refractivity (Wildman–Crippen MR) is 114 cm³/mol. The normalized spacial score (nSPS) is 13.7. The van der Waals surface area contributed by atoms with E-state index >= 15 is 4.39 Å². The molecule has 2 N–H and O–H groups in total. The van der Waals surface area contributed by atoms with Gasteiger partial charge in [-0.25, -0.2) is 14.9 Å². The van der Waals surface area contributed by atoms with Crippen LogP contribution >= 0.6 is 27.5 Å². The maximum absolute atomic E-state index is 15.4. The zero-order valence-electron chi connectivity index (χ0n) is 15.6. The molecule has 1 aliphatic rings. The van der Waals surface area contributed by atoms with Crippen molar-refractivity contribution in [1.82, 2.24) is 15.0 Å². The van der Waals surface area contributed by atoms with Crippen molar-refractivity contribution in [1.29, 1.82) is 0 Å². The Labute approximate surface area is 180 Å². The van der Waals surface area contributed by atoms with Crippen LogP contribution in [0.2, 0.25) is 5.02 Å². The van der Waals surface area contributed by atoms with Gasteiger partial charge in [0.05, 0.1) is 40.4 Å². The molecule has 0 atom stereocenters. The van der Waals surface area contributed by atoms with Gasteiger partial charge in [0.15, 0.2) is 5.82 Å². The molecule has 29 heavy (non-hydrogen) atoms. The predicted octanol–water partition coefficient (Wildman–Crippen LogP) is 5.43. The molecular formula is C20H19BrClFN4O2. The van der Waals surface area contributed by atoms with Crippen LogP contribution in [0.25, 0.3) is 11.0 Å². The minimum absolute atomic E-state index is 0.00408. The lowest BCUT2D eigenvalue weighted by Crippen LogP contribution is -2.26. The highest BCUT2D eigenvalue weighted by atomic mass is 79.9. The largest absolute Gasteiger partial charge is 0.351 e. The summed E-state index contributed by atoms with van der Waals surface area (Å²) in [6.45, 7) is 2.97. The molecule has 0 radical (unpaired) electrons. The van der Waals surface area contributed by atoms with E-state index in [2.05, 4.69) is 31.7 Å².